The summed E-state index contributed by atoms with van der Waals surface area (Å²) in [7, 11) is 0. The molecule has 4 rings (SSSR count). The summed E-state index contributed by atoms with van der Waals surface area (Å²) in [6.07, 6.45) is -1.88. The smallest absolute Gasteiger partial charge is 0.409 e. The van der Waals surface area contributed by atoms with Crippen LogP contribution < -0.4 is 10.6 Å². The molecule has 3 aromatic rings. The molecule has 0 aromatic heterocycles. The SMILES string of the molecule is O=C(NC1N=C(c2ccc(Cl)cc2)c2ccccc2NC1=O)OCc1ccccc1. The molecule has 0 fully saturated rings. The van der Waals surface area contributed by atoms with E-state index < -0.39 is 18.2 Å². The first-order chi connectivity index (χ1) is 14.6. The number of benzodiazepines with no additional fused rings is 1. The van der Waals surface area contributed by atoms with Gasteiger partial charge in [-0.3, -0.25) is 10.1 Å². The van der Waals surface area contributed by atoms with Crippen molar-refractivity contribution in [3.05, 3.63) is 101 Å². The molecule has 7 heteroatoms. The van der Waals surface area contributed by atoms with Gasteiger partial charge in [0.05, 0.1) is 11.4 Å². The number of hydrogen-bond acceptors (Lipinski definition) is 4. The van der Waals surface area contributed by atoms with Gasteiger partial charge in [-0.1, -0.05) is 72.3 Å². The Hall–Kier alpha value is -3.64. The number of para-hydroxylation sites is 1. The predicted molar refractivity (Wildman–Crippen MR) is 116 cm³/mol. The molecular formula is C23H18ClN3O3. The van der Waals surface area contributed by atoms with Crippen molar-refractivity contribution in [2.75, 3.05) is 5.32 Å². The Morgan fingerprint density at radius 3 is 2.47 bits per heavy atom. The summed E-state index contributed by atoms with van der Waals surface area (Å²) >= 11 is 6.01. The number of aliphatic imine (C=N–C) groups is 1. The number of carbonyl (C=O) groups is 2. The van der Waals surface area contributed by atoms with Gasteiger partial charge in [-0.25, -0.2) is 9.79 Å². The van der Waals surface area contributed by atoms with Crippen LogP contribution in [0.4, 0.5) is 10.5 Å². The van der Waals surface area contributed by atoms with E-state index in [9.17, 15) is 9.59 Å². The van der Waals surface area contributed by atoms with Crippen LogP contribution in [0, 0.1) is 0 Å². The van der Waals surface area contributed by atoms with Gasteiger partial charge in [0.1, 0.15) is 6.61 Å². The fourth-order valence-electron chi connectivity index (χ4n) is 3.07. The number of amides is 2. The van der Waals surface area contributed by atoms with Gasteiger partial charge in [0, 0.05) is 16.1 Å². The maximum atomic E-state index is 12.7. The quantitative estimate of drug-likeness (QED) is 0.658. The minimum absolute atomic E-state index is 0.0923. The highest BCUT2D eigenvalue weighted by Crippen LogP contribution is 2.24. The van der Waals surface area contributed by atoms with Crippen molar-refractivity contribution in [1.29, 1.82) is 0 Å². The Bertz CT molecular complexity index is 1100. The molecule has 3 aromatic carbocycles. The molecule has 1 heterocycles. The number of benzene rings is 3. The third kappa shape index (κ3) is 4.50. The number of alkyl carbamates (subject to hydrolysis) is 1. The fourth-order valence-corrected chi connectivity index (χ4v) is 3.19. The molecule has 30 heavy (non-hydrogen) atoms. The van der Waals surface area contributed by atoms with E-state index >= 15 is 0 Å². The van der Waals surface area contributed by atoms with Crippen LogP contribution in [0.25, 0.3) is 0 Å². The number of rotatable bonds is 4. The van der Waals surface area contributed by atoms with Crippen LogP contribution in [-0.2, 0) is 16.1 Å². The Morgan fingerprint density at radius 1 is 1.00 bits per heavy atom. The standard InChI is InChI=1S/C23H18ClN3O3/c24-17-12-10-16(11-13-17)20-18-8-4-5-9-19(18)25-22(28)21(26-20)27-23(29)30-14-15-6-2-1-3-7-15/h1-13,21H,14H2,(H,25,28)(H,27,29). The average Bonchev–Trinajstić information content (AvgIpc) is 2.90. The molecule has 6 nitrogen and oxygen atoms in total. The molecule has 1 aliphatic rings. The first-order valence-corrected chi connectivity index (χ1v) is 9.69. The number of nitrogens with one attached hydrogen (secondary N) is 2. The van der Waals surface area contributed by atoms with Crippen LogP contribution in [0.3, 0.4) is 0 Å². The summed E-state index contributed by atoms with van der Waals surface area (Å²) in [6, 6.07) is 23.7. The van der Waals surface area contributed by atoms with Crippen LogP contribution in [0.15, 0.2) is 83.9 Å². The van der Waals surface area contributed by atoms with Crippen LogP contribution in [-0.4, -0.2) is 23.9 Å². The van der Waals surface area contributed by atoms with Crippen LogP contribution in [0.1, 0.15) is 16.7 Å². The van der Waals surface area contributed by atoms with E-state index in [0.29, 0.717) is 16.4 Å². The minimum Gasteiger partial charge on any atom is -0.445 e. The van der Waals surface area contributed by atoms with Crippen molar-refractivity contribution in [2.45, 2.75) is 12.8 Å². The lowest BCUT2D eigenvalue weighted by Gasteiger charge is -2.13. The van der Waals surface area contributed by atoms with Gasteiger partial charge in [0.2, 0.25) is 6.17 Å². The van der Waals surface area contributed by atoms with E-state index in [0.717, 1.165) is 16.7 Å². The Labute approximate surface area is 178 Å². The predicted octanol–water partition coefficient (Wildman–Crippen LogP) is 4.38. The van der Waals surface area contributed by atoms with Crippen LogP contribution >= 0.6 is 11.6 Å². The highest BCUT2D eigenvalue weighted by atomic mass is 35.5. The molecule has 0 bridgehead atoms. The number of halogens is 1. The molecular weight excluding hydrogens is 402 g/mol. The maximum absolute atomic E-state index is 12.7. The lowest BCUT2D eigenvalue weighted by molar-refractivity contribution is -0.117. The summed E-state index contributed by atoms with van der Waals surface area (Å²) in [6.45, 7) is 0.0923. The molecule has 2 amide bonds. The van der Waals surface area contributed by atoms with Gasteiger partial charge in [0.15, 0.2) is 0 Å². The van der Waals surface area contributed by atoms with E-state index in [4.69, 9.17) is 16.3 Å². The fraction of sp³-hybridized carbons (Fsp3) is 0.0870. The van der Waals surface area contributed by atoms with E-state index in [1.807, 2.05) is 60.7 Å². The second-order valence-corrected chi connectivity index (χ2v) is 7.06. The summed E-state index contributed by atoms with van der Waals surface area (Å²) in [5.41, 5.74) is 3.53. The third-order valence-electron chi connectivity index (χ3n) is 4.53. The van der Waals surface area contributed by atoms with Gasteiger partial charge in [0.25, 0.3) is 5.91 Å². The van der Waals surface area contributed by atoms with Gasteiger partial charge >= 0.3 is 6.09 Å². The number of carbonyl (C=O) groups excluding carboxylic acids is 2. The molecule has 1 atom stereocenters. The van der Waals surface area contributed by atoms with Crippen molar-refractivity contribution in [1.82, 2.24) is 5.32 Å². The van der Waals surface area contributed by atoms with E-state index in [-0.39, 0.29) is 6.61 Å². The van der Waals surface area contributed by atoms with E-state index in [2.05, 4.69) is 15.6 Å². The van der Waals surface area contributed by atoms with Crippen molar-refractivity contribution in [3.8, 4) is 0 Å². The second-order valence-electron chi connectivity index (χ2n) is 6.63. The molecule has 1 aliphatic heterocycles. The highest BCUT2D eigenvalue weighted by molar-refractivity contribution is 6.30. The topological polar surface area (TPSA) is 79.8 Å². The zero-order valence-corrected chi connectivity index (χ0v) is 16.6. The van der Waals surface area contributed by atoms with Gasteiger partial charge < -0.3 is 10.1 Å². The lowest BCUT2D eigenvalue weighted by atomic mass is 10.0. The minimum atomic E-state index is -1.15. The normalized spacial score (nSPS) is 15.3. The molecule has 150 valence electrons. The molecule has 2 N–H and O–H groups in total. The van der Waals surface area contributed by atoms with E-state index in [1.54, 1.807) is 18.2 Å². The first kappa shape index (κ1) is 19.7. The molecule has 0 aliphatic carbocycles. The Balaban J connectivity index is 1.59. The number of ether oxygens (including phenoxy) is 1. The molecule has 0 saturated carbocycles. The third-order valence-corrected chi connectivity index (χ3v) is 4.78. The molecule has 0 spiro atoms. The first-order valence-electron chi connectivity index (χ1n) is 9.31. The van der Waals surface area contributed by atoms with Crippen molar-refractivity contribution in [3.63, 3.8) is 0 Å². The second kappa shape index (κ2) is 8.80. The summed E-state index contributed by atoms with van der Waals surface area (Å²) in [4.78, 5) is 29.6. The number of anilines is 1. The Morgan fingerprint density at radius 2 is 1.70 bits per heavy atom. The highest BCUT2D eigenvalue weighted by Gasteiger charge is 2.27. The van der Waals surface area contributed by atoms with Gasteiger partial charge in [-0.15, -0.1) is 0 Å². The monoisotopic (exact) mass is 419 g/mol. The van der Waals surface area contributed by atoms with Crippen molar-refractivity contribution >= 4 is 35.0 Å². The Kier molecular flexibility index (Phi) is 5.77. The average molecular weight is 420 g/mol. The lowest BCUT2D eigenvalue weighted by Crippen LogP contribution is -2.42. The van der Waals surface area contributed by atoms with Gasteiger partial charge in [-0.2, -0.15) is 0 Å². The largest absolute Gasteiger partial charge is 0.445 e. The van der Waals surface area contributed by atoms with E-state index in [1.165, 1.54) is 0 Å². The van der Waals surface area contributed by atoms with Crippen LogP contribution in [0.2, 0.25) is 5.02 Å². The molecule has 0 radical (unpaired) electrons. The van der Waals surface area contributed by atoms with Crippen LogP contribution in [0.5, 0.6) is 0 Å². The zero-order chi connectivity index (χ0) is 20.9. The van der Waals surface area contributed by atoms with Crippen molar-refractivity contribution in [2.24, 2.45) is 4.99 Å². The number of nitrogens with zero attached hydrogens (tertiary/aromatic N) is 1. The summed E-state index contributed by atoms with van der Waals surface area (Å²) in [5, 5.41) is 5.94. The van der Waals surface area contributed by atoms with Crippen molar-refractivity contribution < 1.29 is 14.3 Å². The van der Waals surface area contributed by atoms with Gasteiger partial charge in [-0.05, 0) is 23.8 Å². The molecule has 1 unspecified atom stereocenters. The summed E-state index contributed by atoms with van der Waals surface area (Å²) < 4.78 is 5.24. The number of hydrogen-bond donors (Lipinski definition) is 2. The zero-order valence-electron chi connectivity index (χ0n) is 15.8. The molecule has 0 saturated heterocycles. The summed E-state index contributed by atoms with van der Waals surface area (Å²) in [5.74, 6) is -0.455. The maximum Gasteiger partial charge on any atom is 0.409 e. The number of fused-ring (bicyclic) bond motifs is 1.